The lowest BCUT2D eigenvalue weighted by Crippen LogP contribution is -2.63. The van der Waals surface area contributed by atoms with Gasteiger partial charge in [0.2, 0.25) is 0 Å². The summed E-state index contributed by atoms with van der Waals surface area (Å²) in [4.78, 5) is 23.9. The molecule has 0 bridgehead atoms. The van der Waals surface area contributed by atoms with E-state index in [9.17, 15) is 24.9 Å². The third kappa shape index (κ3) is 2.17. The zero-order chi connectivity index (χ0) is 19.9. The van der Waals surface area contributed by atoms with Gasteiger partial charge in [0.15, 0.2) is 11.4 Å². The maximum atomic E-state index is 15.2. The van der Waals surface area contributed by atoms with Crippen LogP contribution in [0.1, 0.15) is 52.9 Å². The minimum absolute atomic E-state index is 0.0616. The molecule has 3 N–H and O–H groups in total. The van der Waals surface area contributed by atoms with Crippen LogP contribution in [0.25, 0.3) is 0 Å². The third-order valence-electron chi connectivity index (χ3n) is 8.78. The summed E-state index contributed by atoms with van der Waals surface area (Å²) < 4.78 is 15.2. The van der Waals surface area contributed by atoms with Gasteiger partial charge >= 0.3 is 5.97 Å². The number of allylic oxidation sites excluding steroid dienone is 1. The highest BCUT2D eigenvalue weighted by Gasteiger charge is 2.71. The van der Waals surface area contributed by atoms with E-state index in [1.807, 2.05) is 6.92 Å². The lowest BCUT2D eigenvalue weighted by molar-refractivity contribution is -0.201. The molecule has 0 aromatic rings. The zero-order valence-electron chi connectivity index (χ0n) is 16.1. The first kappa shape index (κ1) is 19.1. The molecule has 150 valence electrons. The minimum Gasteiger partial charge on any atom is -0.479 e. The van der Waals surface area contributed by atoms with Gasteiger partial charge in [-0.25, -0.2) is 9.18 Å². The Bertz CT molecular complexity index is 734. The number of halogens is 1. The molecular formula is C21H29FO5. The van der Waals surface area contributed by atoms with Crippen molar-refractivity contribution in [1.82, 2.24) is 0 Å². The molecule has 0 aromatic carbocycles. The van der Waals surface area contributed by atoms with Gasteiger partial charge in [-0.1, -0.05) is 20.8 Å². The fourth-order valence-corrected chi connectivity index (χ4v) is 7.48. The van der Waals surface area contributed by atoms with Gasteiger partial charge in [0.05, 0.1) is 6.10 Å². The number of aliphatic carboxylic acids is 1. The summed E-state index contributed by atoms with van der Waals surface area (Å²) in [5.41, 5.74) is -3.01. The standard InChI is InChI=1S/C21H29FO5/c1-10-6-13-12-8-15(22)14-7-11(23)4-5-19(14,2)17(12)16(24)9-20(13,3)21(10,27)18(25)26/h7,10,12-13,15-17,24,27H,4-6,8-9H2,1-3H3,(H,25,26)/t10?,12-,13-,15?,16?,17-,19-,20-,21?/m0/s1. The van der Waals surface area contributed by atoms with Crippen molar-refractivity contribution in [3.63, 3.8) is 0 Å². The van der Waals surface area contributed by atoms with Crippen LogP contribution in [-0.4, -0.2) is 44.9 Å². The Morgan fingerprint density at radius 3 is 2.59 bits per heavy atom. The maximum Gasteiger partial charge on any atom is 0.336 e. The van der Waals surface area contributed by atoms with Crippen molar-refractivity contribution >= 4 is 11.8 Å². The summed E-state index contributed by atoms with van der Waals surface area (Å²) >= 11 is 0. The number of hydrogen-bond donors (Lipinski definition) is 3. The first-order valence-corrected chi connectivity index (χ1v) is 9.99. The molecule has 3 saturated carbocycles. The number of carbonyl (C=O) groups excluding carboxylic acids is 1. The Morgan fingerprint density at radius 1 is 1.30 bits per heavy atom. The molecule has 4 unspecified atom stereocenters. The molecule has 0 saturated heterocycles. The highest BCUT2D eigenvalue weighted by molar-refractivity contribution is 5.92. The number of alkyl halides is 1. The van der Waals surface area contributed by atoms with E-state index in [-0.39, 0.29) is 36.4 Å². The monoisotopic (exact) mass is 380 g/mol. The van der Waals surface area contributed by atoms with Crippen molar-refractivity contribution in [2.24, 2.45) is 34.5 Å². The molecule has 0 amide bonds. The second-order valence-electron chi connectivity index (χ2n) is 9.88. The largest absolute Gasteiger partial charge is 0.479 e. The van der Waals surface area contributed by atoms with Crippen molar-refractivity contribution in [1.29, 1.82) is 0 Å². The third-order valence-corrected chi connectivity index (χ3v) is 8.78. The van der Waals surface area contributed by atoms with Gasteiger partial charge in [0, 0.05) is 11.8 Å². The number of carbonyl (C=O) groups is 2. The molecule has 4 aliphatic rings. The maximum absolute atomic E-state index is 15.2. The molecule has 0 aliphatic heterocycles. The van der Waals surface area contributed by atoms with Crippen LogP contribution in [0.4, 0.5) is 4.39 Å². The Labute approximate surface area is 158 Å². The van der Waals surface area contributed by atoms with Gasteiger partial charge in [0.1, 0.15) is 6.17 Å². The molecule has 5 nitrogen and oxygen atoms in total. The summed E-state index contributed by atoms with van der Waals surface area (Å²) in [6.07, 6.45) is 1.08. The Kier molecular flexibility index (Phi) is 3.98. The number of ketones is 1. The lowest BCUT2D eigenvalue weighted by Gasteiger charge is -2.60. The molecule has 0 aromatic heterocycles. The molecule has 9 atom stereocenters. The van der Waals surface area contributed by atoms with Crippen molar-refractivity contribution in [2.75, 3.05) is 0 Å². The van der Waals surface area contributed by atoms with E-state index in [0.717, 1.165) is 0 Å². The van der Waals surface area contributed by atoms with E-state index in [4.69, 9.17) is 0 Å². The molecule has 0 spiro atoms. The normalized spacial score (nSPS) is 54.6. The SMILES string of the molecule is CC1C[C@H]2[C@@H]3CC(F)C4=CC(=O)CC[C@]4(C)[C@@H]3C(O)C[C@]2(C)C1(O)C(=O)O. The quantitative estimate of drug-likeness (QED) is 0.650. The van der Waals surface area contributed by atoms with E-state index >= 15 is 4.39 Å². The van der Waals surface area contributed by atoms with Crippen LogP contribution in [0.5, 0.6) is 0 Å². The van der Waals surface area contributed by atoms with Gasteiger partial charge in [-0.05, 0) is 66.4 Å². The number of carboxylic acids is 1. The fourth-order valence-electron chi connectivity index (χ4n) is 7.48. The fraction of sp³-hybridized carbons (Fsp3) is 0.810. The van der Waals surface area contributed by atoms with Gasteiger partial charge < -0.3 is 15.3 Å². The minimum atomic E-state index is -1.92. The van der Waals surface area contributed by atoms with Crippen molar-refractivity contribution in [3.8, 4) is 0 Å². The summed E-state index contributed by atoms with van der Waals surface area (Å²) in [6.45, 7) is 5.43. The summed E-state index contributed by atoms with van der Waals surface area (Å²) in [5.74, 6) is -2.38. The summed E-state index contributed by atoms with van der Waals surface area (Å²) in [7, 11) is 0. The average molecular weight is 380 g/mol. The van der Waals surface area contributed by atoms with Crippen LogP contribution in [0, 0.1) is 34.5 Å². The second kappa shape index (κ2) is 5.63. The topological polar surface area (TPSA) is 94.8 Å². The zero-order valence-corrected chi connectivity index (χ0v) is 16.1. The first-order valence-electron chi connectivity index (χ1n) is 9.99. The van der Waals surface area contributed by atoms with Crippen molar-refractivity contribution < 1.29 is 29.3 Å². The number of carboxylic acid groups (broad SMARTS) is 1. The first-order chi connectivity index (χ1) is 12.5. The van der Waals surface area contributed by atoms with E-state index < -0.39 is 40.6 Å². The van der Waals surface area contributed by atoms with E-state index in [1.165, 1.54) is 6.08 Å². The predicted octanol–water partition coefficient (Wildman–Crippen LogP) is 2.50. The van der Waals surface area contributed by atoms with Crippen LogP contribution in [-0.2, 0) is 9.59 Å². The van der Waals surface area contributed by atoms with Gasteiger partial charge in [0.25, 0.3) is 0 Å². The molecule has 0 heterocycles. The highest BCUT2D eigenvalue weighted by Crippen LogP contribution is 2.68. The van der Waals surface area contributed by atoms with Crippen molar-refractivity contribution in [3.05, 3.63) is 11.6 Å². The number of hydrogen-bond acceptors (Lipinski definition) is 4. The van der Waals surface area contributed by atoms with Crippen molar-refractivity contribution in [2.45, 2.75) is 70.8 Å². The van der Waals surface area contributed by atoms with Crippen LogP contribution in [0.15, 0.2) is 11.6 Å². The second-order valence-corrected chi connectivity index (χ2v) is 9.88. The molecule has 4 rings (SSSR count). The molecule has 6 heteroatoms. The number of fused-ring (bicyclic) bond motifs is 5. The Balaban J connectivity index is 1.81. The smallest absolute Gasteiger partial charge is 0.336 e. The van der Waals surface area contributed by atoms with Gasteiger partial charge in [-0.3, -0.25) is 4.79 Å². The number of aliphatic hydroxyl groups is 2. The number of aliphatic hydroxyl groups excluding tert-OH is 1. The van der Waals surface area contributed by atoms with Crippen LogP contribution in [0.2, 0.25) is 0 Å². The average Bonchev–Trinajstić information content (AvgIpc) is 2.78. The molecule has 27 heavy (non-hydrogen) atoms. The van der Waals surface area contributed by atoms with E-state index in [0.29, 0.717) is 24.8 Å². The van der Waals surface area contributed by atoms with Gasteiger partial charge in [-0.15, -0.1) is 0 Å². The van der Waals surface area contributed by atoms with E-state index in [1.54, 1.807) is 13.8 Å². The predicted molar refractivity (Wildman–Crippen MR) is 95.5 cm³/mol. The lowest BCUT2D eigenvalue weighted by atomic mass is 9.45. The Morgan fingerprint density at radius 2 is 1.96 bits per heavy atom. The Hall–Kier alpha value is -1.27. The van der Waals surface area contributed by atoms with Crippen LogP contribution in [0.3, 0.4) is 0 Å². The molecular weight excluding hydrogens is 351 g/mol. The molecule has 3 fully saturated rings. The number of rotatable bonds is 1. The molecule has 4 aliphatic carbocycles. The summed E-state index contributed by atoms with van der Waals surface area (Å²) in [6, 6.07) is 0. The van der Waals surface area contributed by atoms with Crippen LogP contribution >= 0.6 is 0 Å². The highest BCUT2D eigenvalue weighted by atomic mass is 19.1. The summed E-state index contributed by atoms with van der Waals surface area (Å²) in [5, 5.41) is 32.1. The molecule has 0 radical (unpaired) electrons. The van der Waals surface area contributed by atoms with Gasteiger partial charge in [-0.2, -0.15) is 0 Å². The van der Waals surface area contributed by atoms with E-state index in [2.05, 4.69) is 0 Å². The van der Waals surface area contributed by atoms with Crippen LogP contribution < -0.4 is 0 Å².